The number of nitrogens with two attached hydrogens (primary N) is 1. The fourth-order valence-electron chi connectivity index (χ4n) is 1.89. The van der Waals surface area contributed by atoms with Crippen LogP contribution in [0.5, 0.6) is 0 Å². The predicted octanol–water partition coefficient (Wildman–Crippen LogP) is 3.78. The average molecular weight is 306 g/mol. The number of rotatable bonds is 11. The molecule has 0 aromatic carbocycles. The van der Waals surface area contributed by atoms with Crippen molar-refractivity contribution in [2.75, 3.05) is 13.6 Å². The van der Waals surface area contributed by atoms with E-state index in [2.05, 4.69) is 35.3 Å². The first-order chi connectivity index (χ1) is 10.3. The maximum Gasteiger partial charge on any atom is 0.137 e. The van der Waals surface area contributed by atoms with Crippen LogP contribution in [0.1, 0.15) is 53.4 Å². The Morgan fingerprint density at radius 2 is 2.00 bits per heavy atom. The van der Waals surface area contributed by atoms with E-state index in [1.54, 1.807) is 0 Å². The van der Waals surface area contributed by atoms with E-state index in [0.29, 0.717) is 0 Å². The monoisotopic (exact) mass is 306 g/mol. The first-order valence-corrected chi connectivity index (χ1v) is 8.05. The van der Waals surface area contributed by atoms with Gasteiger partial charge in [-0.1, -0.05) is 32.9 Å². The molecule has 0 heterocycles. The number of aliphatic imine (C=N–C) groups is 1. The largest absolute Gasteiger partial charge is 0.388 e. The second kappa shape index (κ2) is 10.2. The highest BCUT2D eigenvalue weighted by Gasteiger charge is 2.12. The summed E-state index contributed by atoms with van der Waals surface area (Å²) in [7, 11) is 1.87. The van der Waals surface area contributed by atoms with Crippen molar-refractivity contribution >= 4 is 6.21 Å². The molecule has 0 bridgehead atoms. The molecule has 0 aliphatic carbocycles. The number of nitrogens with zero attached hydrogens (tertiary/aromatic N) is 2. The Bertz CT molecular complexity index is 413. The highest BCUT2D eigenvalue weighted by molar-refractivity contribution is 5.61. The molecular weight excluding hydrogens is 272 g/mol. The lowest BCUT2D eigenvalue weighted by atomic mass is 10.0. The van der Waals surface area contributed by atoms with Crippen LogP contribution in [0.2, 0.25) is 0 Å². The number of hydrogen-bond donors (Lipinski definition) is 2. The molecule has 0 aromatic rings. The summed E-state index contributed by atoms with van der Waals surface area (Å²) >= 11 is 0. The summed E-state index contributed by atoms with van der Waals surface area (Å²) in [6.07, 6.45) is 7.94. The highest BCUT2D eigenvalue weighted by atomic mass is 15.2. The summed E-state index contributed by atoms with van der Waals surface area (Å²) in [4.78, 5) is 6.75. The summed E-state index contributed by atoms with van der Waals surface area (Å²) in [6.45, 7) is 17.1. The maximum atomic E-state index is 6.02. The third-order valence-corrected chi connectivity index (χ3v) is 3.42. The van der Waals surface area contributed by atoms with Gasteiger partial charge in [-0.15, -0.1) is 0 Å². The molecule has 0 aliphatic heterocycles. The second-order valence-electron chi connectivity index (χ2n) is 6.26. The lowest BCUT2D eigenvalue weighted by molar-refractivity contribution is 0.435. The van der Waals surface area contributed by atoms with Crippen LogP contribution in [0, 0.1) is 0 Å². The molecule has 0 aliphatic rings. The molecule has 4 heteroatoms. The van der Waals surface area contributed by atoms with Crippen molar-refractivity contribution in [1.82, 2.24) is 10.2 Å². The van der Waals surface area contributed by atoms with Crippen LogP contribution in [-0.4, -0.2) is 30.2 Å². The van der Waals surface area contributed by atoms with Gasteiger partial charge in [-0.25, -0.2) is 4.99 Å². The van der Waals surface area contributed by atoms with E-state index in [1.165, 1.54) is 12.8 Å². The topological polar surface area (TPSA) is 53.6 Å². The van der Waals surface area contributed by atoms with E-state index in [1.807, 2.05) is 40.2 Å². The molecule has 4 nitrogen and oxygen atoms in total. The number of likely N-dealkylation sites (N-methyl/N-ethyl adjacent to an activating group) is 1. The summed E-state index contributed by atoms with van der Waals surface area (Å²) in [5.41, 5.74) is 7.64. The van der Waals surface area contributed by atoms with Gasteiger partial charge in [-0.3, -0.25) is 0 Å². The molecule has 0 fully saturated rings. The van der Waals surface area contributed by atoms with Crippen molar-refractivity contribution in [2.45, 2.75) is 58.9 Å². The van der Waals surface area contributed by atoms with Crippen LogP contribution in [0.15, 0.2) is 41.4 Å². The standard InChI is InChI=1S/C18H34N4/c1-8-10-11-14-22(9-2)17(15(3)16(4)20-7)21-13-12-18(5,6)19/h9,13,20H,2,4,8,10-12,14,19H2,1,3,5-7H3/b17-15-,21-13-. The van der Waals surface area contributed by atoms with Crippen molar-refractivity contribution in [2.24, 2.45) is 10.7 Å². The summed E-state index contributed by atoms with van der Waals surface area (Å²) in [5.74, 6) is 0.884. The Kier molecular flexibility index (Phi) is 9.50. The molecular formula is C18H34N4. The van der Waals surface area contributed by atoms with Gasteiger partial charge in [0.1, 0.15) is 5.82 Å². The zero-order valence-electron chi connectivity index (χ0n) is 15.1. The van der Waals surface area contributed by atoms with E-state index >= 15 is 0 Å². The lowest BCUT2D eigenvalue weighted by Crippen LogP contribution is -2.32. The van der Waals surface area contributed by atoms with Crippen molar-refractivity contribution in [3.63, 3.8) is 0 Å². The molecule has 0 saturated carbocycles. The molecule has 0 rings (SSSR count). The number of hydrogen-bond acceptors (Lipinski definition) is 4. The minimum Gasteiger partial charge on any atom is -0.388 e. The third kappa shape index (κ3) is 8.03. The van der Waals surface area contributed by atoms with Crippen molar-refractivity contribution in [1.29, 1.82) is 0 Å². The third-order valence-electron chi connectivity index (χ3n) is 3.42. The molecule has 3 N–H and O–H groups in total. The van der Waals surface area contributed by atoms with Crippen LogP contribution in [-0.2, 0) is 0 Å². The normalized spacial score (nSPS) is 13.0. The Morgan fingerprint density at radius 1 is 1.36 bits per heavy atom. The lowest BCUT2D eigenvalue weighted by Gasteiger charge is -2.24. The molecule has 126 valence electrons. The quantitative estimate of drug-likeness (QED) is 0.347. The van der Waals surface area contributed by atoms with E-state index < -0.39 is 0 Å². The molecule has 0 atom stereocenters. The minimum atomic E-state index is -0.260. The van der Waals surface area contributed by atoms with Crippen LogP contribution >= 0.6 is 0 Å². The predicted molar refractivity (Wildman–Crippen MR) is 98.7 cm³/mol. The Balaban J connectivity index is 5.31. The molecule has 0 aromatic heterocycles. The molecule has 0 saturated heterocycles. The summed E-state index contributed by atoms with van der Waals surface area (Å²) < 4.78 is 0. The Morgan fingerprint density at radius 3 is 2.45 bits per heavy atom. The van der Waals surface area contributed by atoms with Crippen LogP contribution < -0.4 is 11.1 Å². The van der Waals surface area contributed by atoms with Gasteiger partial charge in [-0.05, 0) is 33.4 Å². The van der Waals surface area contributed by atoms with Crippen LogP contribution in [0.3, 0.4) is 0 Å². The van der Waals surface area contributed by atoms with E-state index in [0.717, 1.165) is 36.5 Å². The molecule has 0 radical (unpaired) electrons. The number of allylic oxidation sites excluding steroid dienone is 1. The maximum absolute atomic E-state index is 6.02. The van der Waals surface area contributed by atoms with Crippen molar-refractivity contribution < 1.29 is 0 Å². The molecule has 0 spiro atoms. The van der Waals surface area contributed by atoms with E-state index in [-0.39, 0.29) is 5.54 Å². The van der Waals surface area contributed by atoms with Crippen LogP contribution in [0.25, 0.3) is 0 Å². The fraction of sp³-hybridized carbons (Fsp3) is 0.611. The van der Waals surface area contributed by atoms with Crippen LogP contribution in [0.4, 0.5) is 0 Å². The molecule has 22 heavy (non-hydrogen) atoms. The van der Waals surface area contributed by atoms with Gasteiger partial charge >= 0.3 is 0 Å². The van der Waals surface area contributed by atoms with Gasteiger partial charge in [0, 0.05) is 43.0 Å². The number of nitrogens with one attached hydrogen (secondary N) is 1. The van der Waals surface area contributed by atoms with Gasteiger partial charge in [0.25, 0.3) is 0 Å². The summed E-state index contributed by atoms with van der Waals surface area (Å²) in [5, 5.41) is 3.09. The minimum absolute atomic E-state index is 0.260. The average Bonchev–Trinajstić information content (AvgIpc) is 2.46. The van der Waals surface area contributed by atoms with Crippen molar-refractivity contribution in [3.05, 3.63) is 36.4 Å². The second-order valence-corrected chi connectivity index (χ2v) is 6.26. The fourth-order valence-corrected chi connectivity index (χ4v) is 1.89. The van der Waals surface area contributed by atoms with Gasteiger partial charge in [0.05, 0.1) is 0 Å². The van der Waals surface area contributed by atoms with E-state index in [9.17, 15) is 0 Å². The van der Waals surface area contributed by atoms with Crippen molar-refractivity contribution in [3.8, 4) is 0 Å². The highest BCUT2D eigenvalue weighted by Crippen LogP contribution is 2.18. The summed E-state index contributed by atoms with van der Waals surface area (Å²) in [6, 6.07) is 0. The smallest absolute Gasteiger partial charge is 0.137 e. The first kappa shape index (κ1) is 20.5. The SMILES string of the molecule is C=CN(CCCCC)C(/N=C\CC(C)(C)N)=C(/C)C(=C)NC. The first-order valence-electron chi connectivity index (χ1n) is 8.05. The van der Waals surface area contributed by atoms with Gasteiger partial charge < -0.3 is 16.0 Å². The van der Waals surface area contributed by atoms with Gasteiger partial charge in [0.15, 0.2) is 0 Å². The molecule has 0 unspecified atom stereocenters. The zero-order valence-corrected chi connectivity index (χ0v) is 15.1. The number of unbranched alkanes of at least 4 members (excludes halogenated alkanes) is 2. The zero-order chi connectivity index (χ0) is 17.2. The Labute approximate surface area is 136 Å². The molecule has 0 amide bonds. The van der Waals surface area contributed by atoms with E-state index in [4.69, 9.17) is 5.73 Å². The Hall–Kier alpha value is -1.55. The van der Waals surface area contributed by atoms with Gasteiger partial charge in [-0.2, -0.15) is 0 Å². The van der Waals surface area contributed by atoms with Gasteiger partial charge in [0.2, 0.25) is 0 Å².